The Balaban J connectivity index is 2.06. The summed E-state index contributed by atoms with van der Waals surface area (Å²) in [6.07, 6.45) is 3.31. The number of nitrogens with two attached hydrogens (primary N) is 1. The maximum atomic E-state index is 9.12. The molecule has 0 aromatic heterocycles. The van der Waals surface area contributed by atoms with Crippen LogP contribution >= 0.6 is 0 Å². The molecule has 0 saturated carbocycles. The van der Waals surface area contributed by atoms with Crippen LogP contribution in [0.5, 0.6) is 5.75 Å². The molecule has 1 aliphatic heterocycles. The minimum absolute atomic E-state index is 0.266. The van der Waals surface area contributed by atoms with Crippen molar-refractivity contribution in [3.05, 3.63) is 29.8 Å². The molecule has 1 aromatic rings. The third-order valence-electron chi connectivity index (χ3n) is 4.25. The van der Waals surface area contributed by atoms with Crippen LogP contribution in [-0.4, -0.2) is 43.4 Å². The minimum Gasteiger partial charge on any atom is -0.497 e. The number of piperidine rings is 1. The molecule has 112 valence electrons. The smallest absolute Gasteiger partial charge is 0.118 e. The van der Waals surface area contributed by atoms with E-state index in [1.807, 2.05) is 12.1 Å². The normalized spacial score (nSPS) is 21.6. The number of aliphatic hydroxyl groups excluding tert-OH is 1. The number of ether oxygens (including phenoxy) is 1. The molecule has 4 nitrogen and oxygen atoms in total. The summed E-state index contributed by atoms with van der Waals surface area (Å²) in [5, 5.41) is 9.12. The fraction of sp³-hybridized carbons (Fsp3) is 0.625. The highest BCUT2D eigenvalue weighted by atomic mass is 16.5. The third-order valence-corrected chi connectivity index (χ3v) is 4.25. The van der Waals surface area contributed by atoms with E-state index in [9.17, 15) is 0 Å². The van der Waals surface area contributed by atoms with Gasteiger partial charge in [0.25, 0.3) is 0 Å². The van der Waals surface area contributed by atoms with Crippen molar-refractivity contribution in [1.82, 2.24) is 4.90 Å². The van der Waals surface area contributed by atoms with E-state index in [0.717, 1.165) is 25.3 Å². The molecular formula is C16H26N2O2. The van der Waals surface area contributed by atoms with Crippen molar-refractivity contribution in [2.75, 3.05) is 33.4 Å². The zero-order valence-corrected chi connectivity index (χ0v) is 12.3. The first kappa shape index (κ1) is 15.3. The molecule has 1 heterocycles. The number of nitrogens with zero attached hydrogens (tertiary/aromatic N) is 1. The summed E-state index contributed by atoms with van der Waals surface area (Å²) in [5.74, 6) is 1.47. The van der Waals surface area contributed by atoms with Crippen molar-refractivity contribution in [2.24, 2.45) is 11.7 Å². The second kappa shape index (κ2) is 7.62. The lowest BCUT2D eigenvalue weighted by Crippen LogP contribution is -2.41. The highest BCUT2D eigenvalue weighted by Crippen LogP contribution is 2.28. The van der Waals surface area contributed by atoms with E-state index in [1.165, 1.54) is 18.4 Å². The summed E-state index contributed by atoms with van der Waals surface area (Å²) >= 11 is 0. The molecule has 2 unspecified atom stereocenters. The predicted octanol–water partition coefficient (Wildman–Crippen LogP) is 1.79. The van der Waals surface area contributed by atoms with Gasteiger partial charge in [0.05, 0.1) is 7.11 Å². The number of likely N-dealkylation sites (tertiary alicyclic amines) is 1. The highest BCUT2D eigenvalue weighted by Gasteiger charge is 2.25. The molecule has 1 saturated heterocycles. The molecule has 1 aliphatic rings. The van der Waals surface area contributed by atoms with Crippen molar-refractivity contribution in [3.8, 4) is 5.75 Å². The van der Waals surface area contributed by atoms with Crippen molar-refractivity contribution in [2.45, 2.75) is 25.3 Å². The zero-order chi connectivity index (χ0) is 14.4. The van der Waals surface area contributed by atoms with E-state index in [4.69, 9.17) is 15.6 Å². The van der Waals surface area contributed by atoms with Gasteiger partial charge in [-0.2, -0.15) is 0 Å². The van der Waals surface area contributed by atoms with Gasteiger partial charge in [0.15, 0.2) is 0 Å². The Kier molecular flexibility index (Phi) is 5.83. The molecular weight excluding hydrogens is 252 g/mol. The van der Waals surface area contributed by atoms with Crippen LogP contribution < -0.4 is 10.5 Å². The van der Waals surface area contributed by atoms with Gasteiger partial charge in [0, 0.05) is 25.7 Å². The Hall–Kier alpha value is -1.10. The molecule has 2 rings (SSSR count). The largest absolute Gasteiger partial charge is 0.497 e. The zero-order valence-electron chi connectivity index (χ0n) is 12.3. The Bertz CT molecular complexity index is 392. The Morgan fingerprint density at radius 2 is 2.15 bits per heavy atom. The first-order valence-electron chi connectivity index (χ1n) is 7.47. The van der Waals surface area contributed by atoms with Gasteiger partial charge in [-0.05, 0) is 49.4 Å². The highest BCUT2D eigenvalue weighted by molar-refractivity contribution is 5.29. The van der Waals surface area contributed by atoms with E-state index in [2.05, 4.69) is 17.0 Å². The number of methoxy groups -OCH3 is 1. The Morgan fingerprint density at radius 1 is 1.40 bits per heavy atom. The second-order valence-corrected chi connectivity index (χ2v) is 5.54. The summed E-state index contributed by atoms with van der Waals surface area (Å²) in [7, 11) is 1.68. The first-order valence-corrected chi connectivity index (χ1v) is 7.47. The first-order chi connectivity index (χ1) is 9.78. The van der Waals surface area contributed by atoms with Gasteiger partial charge in [-0.1, -0.05) is 12.1 Å². The maximum Gasteiger partial charge on any atom is 0.118 e. The Labute approximate surface area is 121 Å². The number of benzene rings is 1. The SMILES string of the molecule is COc1ccc(C(CN)N2CCCC(CCO)C2)cc1. The average molecular weight is 278 g/mol. The summed E-state index contributed by atoms with van der Waals surface area (Å²) < 4.78 is 5.20. The number of aliphatic hydroxyl groups is 1. The van der Waals surface area contributed by atoms with Gasteiger partial charge < -0.3 is 15.6 Å². The topological polar surface area (TPSA) is 58.7 Å². The molecule has 0 radical (unpaired) electrons. The summed E-state index contributed by atoms with van der Waals surface area (Å²) in [6, 6.07) is 8.46. The summed E-state index contributed by atoms with van der Waals surface area (Å²) in [6.45, 7) is 3.04. The van der Waals surface area contributed by atoms with Gasteiger partial charge in [-0.3, -0.25) is 4.90 Å². The van der Waals surface area contributed by atoms with Gasteiger partial charge >= 0.3 is 0 Å². The molecule has 0 bridgehead atoms. The van der Waals surface area contributed by atoms with Crippen molar-refractivity contribution < 1.29 is 9.84 Å². The van der Waals surface area contributed by atoms with E-state index >= 15 is 0 Å². The van der Waals surface area contributed by atoms with Crippen LogP contribution in [-0.2, 0) is 0 Å². The summed E-state index contributed by atoms with van der Waals surface area (Å²) in [5.41, 5.74) is 7.25. The minimum atomic E-state index is 0.266. The lowest BCUT2D eigenvalue weighted by molar-refractivity contribution is 0.110. The standard InChI is InChI=1S/C16H26N2O2/c1-20-15-6-4-14(5-7-15)16(11-17)18-9-2-3-13(12-18)8-10-19/h4-7,13,16,19H,2-3,8-12,17H2,1H3. The van der Waals surface area contributed by atoms with Crippen LogP contribution in [0.4, 0.5) is 0 Å². The van der Waals surface area contributed by atoms with Crippen LogP contribution in [0.2, 0.25) is 0 Å². The molecule has 3 N–H and O–H groups in total. The average Bonchev–Trinajstić information content (AvgIpc) is 2.49. The van der Waals surface area contributed by atoms with Gasteiger partial charge in [-0.25, -0.2) is 0 Å². The summed E-state index contributed by atoms with van der Waals surface area (Å²) in [4.78, 5) is 2.46. The molecule has 0 amide bonds. The molecule has 1 aromatic carbocycles. The van der Waals surface area contributed by atoms with Crippen LogP contribution in [0.1, 0.15) is 30.9 Å². The van der Waals surface area contributed by atoms with Crippen molar-refractivity contribution >= 4 is 0 Å². The number of hydrogen-bond donors (Lipinski definition) is 2. The fourth-order valence-corrected chi connectivity index (χ4v) is 3.12. The van der Waals surface area contributed by atoms with Crippen LogP contribution in [0, 0.1) is 5.92 Å². The Morgan fingerprint density at radius 3 is 2.75 bits per heavy atom. The fourth-order valence-electron chi connectivity index (χ4n) is 3.12. The predicted molar refractivity (Wildman–Crippen MR) is 80.8 cm³/mol. The lowest BCUT2D eigenvalue weighted by atomic mass is 9.92. The van der Waals surface area contributed by atoms with E-state index < -0.39 is 0 Å². The van der Waals surface area contributed by atoms with Gasteiger partial charge in [-0.15, -0.1) is 0 Å². The van der Waals surface area contributed by atoms with Gasteiger partial charge in [0.2, 0.25) is 0 Å². The maximum absolute atomic E-state index is 9.12. The number of rotatable bonds is 6. The molecule has 4 heteroatoms. The lowest BCUT2D eigenvalue weighted by Gasteiger charge is -2.38. The van der Waals surface area contributed by atoms with Crippen LogP contribution in [0.15, 0.2) is 24.3 Å². The molecule has 1 fully saturated rings. The second-order valence-electron chi connectivity index (χ2n) is 5.54. The van der Waals surface area contributed by atoms with Crippen molar-refractivity contribution in [3.63, 3.8) is 0 Å². The molecule has 0 spiro atoms. The van der Waals surface area contributed by atoms with Crippen LogP contribution in [0.25, 0.3) is 0 Å². The third kappa shape index (κ3) is 3.72. The molecule has 0 aliphatic carbocycles. The molecule has 2 atom stereocenters. The van der Waals surface area contributed by atoms with Crippen LogP contribution in [0.3, 0.4) is 0 Å². The van der Waals surface area contributed by atoms with Crippen molar-refractivity contribution in [1.29, 1.82) is 0 Å². The molecule has 20 heavy (non-hydrogen) atoms. The van der Waals surface area contributed by atoms with E-state index in [1.54, 1.807) is 7.11 Å². The monoisotopic (exact) mass is 278 g/mol. The van der Waals surface area contributed by atoms with E-state index in [0.29, 0.717) is 12.5 Å². The quantitative estimate of drug-likeness (QED) is 0.833. The number of hydrogen-bond acceptors (Lipinski definition) is 4. The van der Waals surface area contributed by atoms with E-state index in [-0.39, 0.29) is 12.6 Å². The van der Waals surface area contributed by atoms with Gasteiger partial charge in [0.1, 0.15) is 5.75 Å².